The smallest absolute Gasteiger partial charge is 0.412 e. The molecule has 3 N–H and O–H groups in total. The molecule has 0 fully saturated rings. The molecule has 0 saturated heterocycles. The van der Waals surface area contributed by atoms with Crippen molar-refractivity contribution in [2.45, 2.75) is 40.2 Å². The highest BCUT2D eigenvalue weighted by Crippen LogP contribution is 2.35. The Balaban J connectivity index is 0.00000190. The van der Waals surface area contributed by atoms with E-state index in [9.17, 15) is 19.3 Å². The van der Waals surface area contributed by atoms with Crippen molar-refractivity contribution in [3.8, 4) is 11.5 Å². The molecule has 0 unspecified atom stereocenters. The minimum absolute atomic E-state index is 0.0223. The second kappa shape index (κ2) is 9.49. The molecule has 0 bridgehead atoms. The lowest BCUT2D eigenvalue weighted by Gasteiger charge is -2.19. The van der Waals surface area contributed by atoms with Crippen LogP contribution in [0.1, 0.15) is 34.6 Å². The molecule has 0 saturated carbocycles. The van der Waals surface area contributed by atoms with Gasteiger partial charge >= 0.3 is 11.8 Å². The van der Waals surface area contributed by atoms with E-state index in [2.05, 4.69) is 10.3 Å². The molecular formula is C18H23FN4O5. The average Bonchev–Trinajstić information content (AvgIpc) is 2.57. The van der Waals surface area contributed by atoms with E-state index in [1.807, 2.05) is 13.8 Å². The van der Waals surface area contributed by atoms with Crippen LogP contribution in [0.4, 0.5) is 26.4 Å². The van der Waals surface area contributed by atoms with Crippen LogP contribution in [0.15, 0.2) is 30.5 Å². The summed E-state index contributed by atoms with van der Waals surface area (Å²) in [7, 11) is 0. The first-order chi connectivity index (χ1) is 13.1. The number of nitrogens with zero attached hydrogens (tertiary/aromatic N) is 2. The highest BCUT2D eigenvalue weighted by molar-refractivity contribution is 5.85. The summed E-state index contributed by atoms with van der Waals surface area (Å²) in [6, 6.07) is 4.77. The molecule has 0 radical (unpaired) electrons. The maximum Gasteiger partial charge on any atom is 0.412 e. The van der Waals surface area contributed by atoms with Crippen molar-refractivity contribution in [2.24, 2.45) is 0 Å². The van der Waals surface area contributed by atoms with Crippen molar-refractivity contribution in [1.82, 2.24) is 4.98 Å². The van der Waals surface area contributed by atoms with Gasteiger partial charge < -0.3 is 15.2 Å². The van der Waals surface area contributed by atoms with Crippen LogP contribution in [-0.2, 0) is 4.74 Å². The van der Waals surface area contributed by atoms with Gasteiger partial charge in [0.05, 0.1) is 10.6 Å². The number of hydrogen-bond acceptors (Lipinski definition) is 7. The zero-order chi connectivity index (χ0) is 21.5. The molecule has 0 aliphatic carbocycles. The summed E-state index contributed by atoms with van der Waals surface area (Å²) in [5, 5.41) is 13.3. The number of nitrogens with one attached hydrogen (secondary N) is 1. The van der Waals surface area contributed by atoms with Crippen molar-refractivity contribution < 1.29 is 23.6 Å². The van der Waals surface area contributed by atoms with Crippen LogP contribution < -0.4 is 15.8 Å². The topological polar surface area (TPSA) is 130 Å². The van der Waals surface area contributed by atoms with E-state index >= 15 is 0 Å². The van der Waals surface area contributed by atoms with Gasteiger partial charge in [0.15, 0.2) is 5.82 Å². The SMILES string of the molecule is CC.CC(C)(C)OC(=O)Nc1ccc(Oc2ccnc(N)c2[N+](=O)[O-])cc1F. The fourth-order valence-corrected chi connectivity index (χ4v) is 1.92. The third kappa shape index (κ3) is 6.38. The first kappa shape index (κ1) is 22.6. The first-order valence-electron chi connectivity index (χ1n) is 8.43. The van der Waals surface area contributed by atoms with Crippen LogP contribution >= 0.6 is 0 Å². The minimum atomic E-state index is -0.817. The minimum Gasteiger partial charge on any atom is -0.450 e. The number of carbonyl (C=O) groups is 1. The average molecular weight is 394 g/mol. The van der Waals surface area contributed by atoms with E-state index in [1.165, 1.54) is 24.4 Å². The normalized spacial score (nSPS) is 10.4. The molecule has 0 atom stereocenters. The number of benzene rings is 1. The predicted molar refractivity (Wildman–Crippen MR) is 103 cm³/mol. The largest absolute Gasteiger partial charge is 0.450 e. The van der Waals surface area contributed by atoms with Crippen molar-refractivity contribution in [1.29, 1.82) is 0 Å². The Morgan fingerprint density at radius 3 is 2.46 bits per heavy atom. The van der Waals surface area contributed by atoms with Crippen molar-refractivity contribution >= 4 is 23.3 Å². The second-order valence-electron chi connectivity index (χ2n) is 6.17. The number of anilines is 2. The summed E-state index contributed by atoms with van der Waals surface area (Å²) in [5.74, 6) is -1.34. The number of rotatable bonds is 4. The number of amides is 1. The van der Waals surface area contributed by atoms with E-state index in [4.69, 9.17) is 15.2 Å². The van der Waals surface area contributed by atoms with E-state index in [0.29, 0.717) is 0 Å². The van der Waals surface area contributed by atoms with Crippen LogP contribution in [0.5, 0.6) is 11.5 Å². The summed E-state index contributed by atoms with van der Waals surface area (Å²) in [6.07, 6.45) is 0.412. The van der Waals surface area contributed by atoms with Gasteiger partial charge in [0, 0.05) is 18.3 Å². The quantitative estimate of drug-likeness (QED) is 0.558. The summed E-state index contributed by atoms with van der Waals surface area (Å²) >= 11 is 0. The molecule has 152 valence electrons. The number of aromatic nitrogens is 1. The second-order valence-corrected chi connectivity index (χ2v) is 6.17. The number of nitrogen functional groups attached to an aromatic ring is 1. The molecule has 9 nitrogen and oxygen atoms in total. The Labute approximate surface area is 161 Å². The number of carbonyl (C=O) groups excluding carboxylic acids is 1. The maximum absolute atomic E-state index is 14.2. The third-order valence-electron chi connectivity index (χ3n) is 2.90. The number of nitrogens with two attached hydrogens (primary N) is 1. The van der Waals surface area contributed by atoms with Gasteiger partial charge in [-0.15, -0.1) is 0 Å². The molecule has 1 heterocycles. The fraction of sp³-hybridized carbons (Fsp3) is 0.333. The van der Waals surface area contributed by atoms with Gasteiger partial charge in [0.25, 0.3) is 0 Å². The standard InChI is InChI=1S/C16H17FN4O5.C2H6/c1-16(2,3)26-15(22)20-11-5-4-9(8-10(11)17)25-12-6-7-19-14(18)13(12)21(23)24;1-2/h4-8H,1-3H3,(H2,18,19)(H,20,22);1-2H3. The molecular weight excluding hydrogens is 371 g/mol. The van der Waals surface area contributed by atoms with Crippen molar-refractivity contribution in [3.63, 3.8) is 0 Å². The van der Waals surface area contributed by atoms with Gasteiger partial charge in [-0.05, 0) is 32.9 Å². The predicted octanol–water partition coefficient (Wildman–Crippen LogP) is 4.88. The Morgan fingerprint density at radius 2 is 1.93 bits per heavy atom. The van der Waals surface area contributed by atoms with Crippen LogP contribution in [0.3, 0.4) is 0 Å². The molecule has 0 spiro atoms. The molecule has 2 rings (SSSR count). The molecule has 2 aromatic rings. The number of hydrogen-bond donors (Lipinski definition) is 2. The summed E-state index contributed by atoms with van der Waals surface area (Å²) < 4.78 is 24.5. The fourth-order valence-electron chi connectivity index (χ4n) is 1.92. The van der Waals surface area contributed by atoms with Gasteiger partial charge in [-0.1, -0.05) is 13.8 Å². The molecule has 1 aromatic heterocycles. The number of pyridine rings is 1. The monoisotopic (exact) mass is 394 g/mol. The molecule has 1 aromatic carbocycles. The lowest BCUT2D eigenvalue weighted by Crippen LogP contribution is -2.27. The lowest BCUT2D eigenvalue weighted by molar-refractivity contribution is -0.384. The molecule has 28 heavy (non-hydrogen) atoms. The molecule has 1 amide bonds. The zero-order valence-corrected chi connectivity index (χ0v) is 16.3. The van der Waals surface area contributed by atoms with Crippen LogP contribution in [0, 0.1) is 15.9 Å². The molecule has 0 aliphatic heterocycles. The van der Waals surface area contributed by atoms with Crippen LogP contribution in [0.2, 0.25) is 0 Å². The van der Waals surface area contributed by atoms with Gasteiger partial charge in [0.2, 0.25) is 11.6 Å². The maximum atomic E-state index is 14.2. The Bertz CT molecular complexity index is 852. The van der Waals surface area contributed by atoms with E-state index in [1.54, 1.807) is 20.8 Å². The van der Waals surface area contributed by atoms with Crippen LogP contribution in [-0.4, -0.2) is 21.6 Å². The van der Waals surface area contributed by atoms with Gasteiger partial charge in [-0.25, -0.2) is 14.2 Å². The third-order valence-corrected chi connectivity index (χ3v) is 2.90. The zero-order valence-electron chi connectivity index (χ0n) is 16.3. The Morgan fingerprint density at radius 1 is 1.29 bits per heavy atom. The summed E-state index contributed by atoms with van der Waals surface area (Å²) in [6.45, 7) is 9.02. The van der Waals surface area contributed by atoms with Gasteiger partial charge in [-0.2, -0.15) is 0 Å². The van der Waals surface area contributed by atoms with Crippen molar-refractivity contribution in [2.75, 3.05) is 11.1 Å². The first-order valence-corrected chi connectivity index (χ1v) is 8.43. The highest BCUT2D eigenvalue weighted by Gasteiger charge is 2.22. The molecule has 0 aliphatic rings. The van der Waals surface area contributed by atoms with Crippen LogP contribution in [0.25, 0.3) is 0 Å². The number of halogens is 1. The lowest BCUT2D eigenvalue weighted by atomic mass is 10.2. The van der Waals surface area contributed by atoms with E-state index < -0.39 is 28.1 Å². The summed E-state index contributed by atoms with van der Waals surface area (Å²) in [5.41, 5.74) is 4.08. The number of nitro groups is 1. The van der Waals surface area contributed by atoms with Crippen molar-refractivity contribution in [3.05, 3.63) is 46.4 Å². The highest BCUT2D eigenvalue weighted by atomic mass is 19.1. The van der Waals surface area contributed by atoms with E-state index in [0.717, 1.165) is 6.07 Å². The van der Waals surface area contributed by atoms with Gasteiger partial charge in [-0.3, -0.25) is 15.4 Å². The Kier molecular flexibility index (Phi) is 7.66. The Hall–Kier alpha value is -3.43. The van der Waals surface area contributed by atoms with E-state index in [-0.39, 0.29) is 23.0 Å². The number of ether oxygens (including phenoxy) is 2. The molecule has 10 heteroatoms. The van der Waals surface area contributed by atoms with Gasteiger partial charge in [0.1, 0.15) is 11.4 Å². The summed E-state index contributed by atoms with van der Waals surface area (Å²) in [4.78, 5) is 25.6.